The molecule has 2 heterocycles. The molecule has 0 radical (unpaired) electrons. The number of nitrogen functional groups attached to an aromatic ring is 1. The number of ether oxygens (including phenoxy) is 3. The average molecular weight is 415 g/mol. The van der Waals surface area contributed by atoms with E-state index in [1.807, 2.05) is 0 Å². The van der Waals surface area contributed by atoms with Crippen LogP contribution in [-0.2, 0) is 23.8 Å². The van der Waals surface area contributed by atoms with Crippen LogP contribution in [0.15, 0.2) is 23.8 Å². The third kappa shape index (κ3) is 4.66. The van der Waals surface area contributed by atoms with Crippen molar-refractivity contribution in [2.24, 2.45) is 5.92 Å². The first-order valence-corrected chi connectivity index (χ1v) is 10.6. The highest BCUT2D eigenvalue weighted by Gasteiger charge is 2.55. The number of methoxy groups -OCH3 is 1. The summed E-state index contributed by atoms with van der Waals surface area (Å²) in [7, 11) is 1.28. The number of cyclic esters (lactones) is 1. The minimum absolute atomic E-state index is 0.220. The molecule has 2 fully saturated rings. The summed E-state index contributed by atoms with van der Waals surface area (Å²) in [4.78, 5) is 36.6. The molecule has 0 aliphatic carbocycles. The molecule has 1 aromatic rings. The molecule has 1 aromatic carbocycles. The van der Waals surface area contributed by atoms with Crippen LogP contribution in [-0.4, -0.2) is 37.2 Å². The first-order valence-electron chi connectivity index (χ1n) is 10.6. The van der Waals surface area contributed by atoms with Crippen molar-refractivity contribution in [2.75, 3.05) is 12.8 Å². The molecule has 2 N–H and O–H groups in total. The van der Waals surface area contributed by atoms with E-state index in [0.717, 1.165) is 19.3 Å². The van der Waals surface area contributed by atoms with Gasteiger partial charge in [-0.05, 0) is 36.6 Å². The number of hydrogen-bond acceptors (Lipinski definition) is 7. The third-order valence-electron chi connectivity index (χ3n) is 5.70. The van der Waals surface area contributed by atoms with Crippen LogP contribution in [0.25, 0.3) is 6.08 Å². The zero-order valence-corrected chi connectivity index (χ0v) is 17.5. The highest BCUT2D eigenvalue weighted by atomic mass is 16.6. The number of esters is 3. The van der Waals surface area contributed by atoms with Crippen LogP contribution in [0.1, 0.15) is 67.8 Å². The Balaban J connectivity index is 1.76. The van der Waals surface area contributed by atoms with E-state index in [-0.39, 0.29) is 17.4 Å². The number of benzene rings is 1. The second-order valence-electron chi connectivity index (χ2n) is 7.82. The number of carbonyl (C=O) groups excluding carboxylic acids is 3. The van der Waals surface area contributed by atoms with Gasteiger partial charge in [-0.15, -0.1) is 0 Å². The minimum atomic E-state index is -0.886. The summed E-state index contributed by atoms with van der Waals surface area (Å²) in [6, 6.07) is 4.85. The Morgan fingerprint density at radius 2 is 1.87 bits per heavy atom. The van der Waals surface area contributed by atoms with E-state index < -0.39 is 29.9 Å². The van der Waals surface area contributed by atoms with Gasteiger partial charge in [0.15, 0.2) is 0 Å². The third-order valence-corrected chi connectivity index (χ3v) is 5.70. The van der Waals surface area contributed by atoms with E-state index in [9.17, 15) is 14.4 Å². The lowest BCUT2D eigenvalue weighted by Gasteiger charge is -2.15. The average Bonchev–Trinajstić information content (AvgIpc) is 3.22. The van der Waals surface area contributed by atoms with Crippen molar-refractivity contribution >= 4 is 29.7 Å². The molecule has 0 aromatic heterocycles. The molecule has 0 spiro atoms. The lowest BCUT2D eigenvalue weighted by molar-refractivity contribution is -0.156. The first-order chi connectivity index (χ1) is 14.5. The quantitative estimate of drug-likeness (QED) is 0.216. The van der Waals surface area contributed by atoms with E-state index in [2.05, 4.69) is 6.92 Å². The fourth-order valence-electron chi connectivity index (χ4n) is 4.08. The zero-order chi connectivity index (χ0) is 21.7. The predicted octanol–water partition coefficient (Wildman–Crippen LogP) is 3.66. The van der Waals surface area contributed by atoms with Gasteiger partial charge < -0.3 is 19.9 Å². The lowest BCUT2D eigenvalue weighted by atomic mass is 9.88. The van der Waals surface area contributed by atoms with E-state index >= 15 is 0 Å². The number of anilines is 1. The standard InChI is InChI=1S/C23H29NO6/c1-3-4-5-6-7-8-9-18-19-16(22(26)30-20(19)23(27)29-18)13-14-10-11-17(24)15(12-14)21(25)28-2/h10-13,18-20H,3-9,24H2,1-2H3/b16-13-/t18-,19-,20-/m1/s1. The molecule has 30 heavy (non-hydrogen) atoms. The molecule has 7 nitrogen and oxygen atoms in total. The molecule has 3 atom stereocenters. The number of fused-ring (bicyclic) bond motifs is 1. The van der Waals surface area contributed by atoms with Crippen molar-refractivity contribution in [1.29, 1.82) is 0 Å². The maximum Gasteiger partial charge on any atom is 0.348 e. The Kier molecular flexibility index (Phi) is 7.13. The molecule has 2 aliphatic heterocycles. The van der Waals surface area contributed by atoms with Crippen LogP contribution >= 0.6 is 0 Å². The molecule has 0 bridgehead atoms. The molecular weight excluding hydrogens is 386 g/mol. The van der Waals surface area contributed by atoms with Gasteiger partial charge in [0.1, 0.15) is 6.10 Å². The maximum absolute atomic E-state index is 12.5. The van der Waals surface area contributed by atoms with Gasteiger partial charge in [-0.25, -0.2) is 14.4 Å². The molecule has 3 rings (SSSR count). The highest BCUT2D eigenvalue weighted by Crippen LogP contribution is 2.41. The van der Waals surface area contributed by atoms with Crippen LogP contribution in [0.3, 0.4) is 0 Å². The molecular formula is C23H29NO6. The molecule has 162 valence electrons. The predicted molar refractivity (Wildman–Crippen MR) is 111 cm³/mol. The Labute approximate surface area is 176 Å². The highest BCUT2D eigenvalue weighted by molar-refractivity contribution is 6.02. The number of unbranched alkanes of at least 4 members (excludes halogenated alkanes) is 5. The van der Waals surface area contributed by atoms with Gasteiger partial charge in [0.25, 0.3) is 0 Å². The monoisotopic (exact) mass is 415 g/mol. The number of rotatable bonds is 9. The number of hydrogen-bond donors (Lipinski definition) is 1. The van der Waals surface area contributed by atoms with Crippen molar-refractivity contribution in [2.45, 2.75) is 64.1 Å². The summed E-state index contributed by atoms with van der Waals surface area (Å²) in [5, 5.41) is 0. The molecule has 0 unspecified atom stereocenters. The largest absolute Gasteiger partial charge is 0.465 e. The second-order valence-corrected chi connectivity index (χ2v) is 7.82. The summed E-state index contributed by atoms with van der Waals surface area (Å²) >= 11 is 0. The second kappa shape index (κ2) is 9.78. The van der Waals surface area contributed by atoms with Gasteiger partial charge in [-0.3, -0.25) is 0 Å². The van der Waals surface area contributed by atoms with Crippen molar-refractivity contribution in [1.82, 2.24) is 0 Å². The minimum Gasteiger partial charge on any atom is -0.465 e. The SMILES string of the molecule is CCCCCCCC[C@H]1OC(=O)[C@@H]2OC(=O)/C(=C\c3ccc(N)c(C(=O)OC)c3)[C@H]12. The normalized spacial score (nSPS) is 23.9. The first kappa shape index (κ1) is 21.9. The fourth-order valence-corrected chi connectivity index (χ4v) is 4.08. The summed E-state index contributed by atoms with van der Waals surface area (Å²) < 4.78 is 15.6. The molecule has 7 heteroatoms. The Morgan fingerprint density at radius 3 is 2.60 bits per heavy atom. The topological polar surface area (TPSA) is 105 Å². The fraction of sp³-hybridized carbons (Fsp3) is 0.522. The summed E-state index contributed by atoms with van der Waals surface area (Å²) in [5.41, 5.74) is 7.35. The number of carbonyl (C=O) groups is 3. The Morgan fingerprint density at radius 1 is 1.13 bits per heavy atom. The van der Waals surface area contributed by atoms with Crippen molar-refractivity contribution < 1.29 is 28.6 Å². The number of nitrogens with two attached hydrogens (primary N) is 1. The van der Waals surface area contributed by atoms with E-state index in [1.165, 1.54) is 26.4 Å². The van der Waals surface area contributed by atoms with Gasteiger partial charge >= 0.3 is 17.9 Å². The van der Waals surface area contributed by atoms with Gasteiger partial charge in [0.2, 0.25) is 6.10 Å². The maximum atomic E-state index is 12.5. The Bertz CT molecular complexity index is 846. The van der Waals surface area contributed by atoms with Crippen molar-refractivity contribution in [3.05, 3.63) is 34.9 Å². The smallest absolute Gasteiger partial charge is 0.348 e. The van der Waals surface area contributed by atoms with Crippen LogP contribution in [0, 0.1) is 5.92 Å². The summed E-state index contributed by atoms with van der Waals surface area (Å²) in [5.74, 6) is -1.99. The molecule has 0 amide bonds. The van der Waals surface area contributed by atoms with E-state index in [4.69, 9.17) is 19.9 Å². The van der Waals surface area contributed by atoms with Crippen molar-refractivity contribution in [3.63, 3.8) is 0 Å². The summed E-state index contributed by atoms with van der Waals surface area (Å²) in [6.07, 6.45) is 7.87. The van der Waals surface area contributed by atoms with E-state index in [1.54, 1.807) is 24.3 Å². The van der Waals surface area contributed by atoms with Crippen LogP contribution in [0.4, 0.5) is 5.69 Å². The van der Waals surface area contributed by atoms with E-state index in [0.29, 0.717) is 17.6 Å². The summed E-state index contributed by atoms with van der Waals surface area (Å²) in [6.45, 7) is 2.18. The molecule has 2 saturated heterocycles. The van der Waals surface area contributed by atoms with Gasteiger partial charge in [-0.2, -0.15) is 0 Å². The van der Waals surface area contributed by atoms with Crippen molar-refractivity contribution in [3.8, 4) is 0 Å². The molecule has 2 aliphatic rings. The zero-order valence-electron chi connectivity index (χ0n) is 17.5. The van der Waals surface area contributed by atoms with Crippen LogP contribution < -0.4 is 5.73 Å². The van der Waals surface area contributed by atoms with Gasteiger partial charge in [0.05, 0.1) is 18.6 Å². The van der Waals surface area contributed by atoms with Crippen LogP contribution in [0.5, 0.6) is 0 Å². The molecule has 0 saturated carbocycles. The lowest BCUT2D eigenvalue weighted by Crippen LogP contribution is -2.22. The van der Waals surface area contributed by atoms with Crippen LogP contribution in [0.2, 0.25) is 0 Å². The van der Waals surface area contributed by atoms with Gasteiger partial charge in [-0.1, -0.05) is 45.1 Å². The Hall–Kier alpha value is -2.83. The van der Waals surface area contributed by atoms with Gasteiger partial charge in [0, 0.05) is 11.3 Å².